The van der Waals surface area contributed by atoms with Crippen LogP contribution in [0.25, 0.3) is 11.5 Å². The predicted octanol–water partition coefficient (Wildman–Crippen LogP) is 3.03. The number of ether oxygens (including phenoxy) is 1. The molecule has 4 rings (SSSR count). The number of anilines is 1. The first-order valence-electron chi connectivity index (χ1n) is 8.94. The van der Waals surface area contributed by atoms with Gasteiger partial charge in [0.1, 0.15) is 23.4 Å². The van der Waals surface area contributed by atoms with Gasteiger partial charge in [0.15, 0.2) is 0 Å². The van der Waals surface area contributed by atoms with Crippen LogP contribution in [-0.2, 0) is 4.79 Å². The highest BCUT2D eigenvalue weighted by Crippen LogP contribution is 2.33. The number of aromatic nitrogens is 2. The van der Waals surface area contributed by atoms with Crippen molar-refractivity contribution in [3.63, 3.8) is 0 Å². The van der Waals surface area contributed by atoms with Gasteiger partial charge in [0.25, 0.3) is 0 Å². The number of amides is 1. The number of rotatable bonds is 5. The lowest BCUT2D eigenvalue weighted by molar-refractivity contribution is -0.119. The maximum absolute atomic E-state index is 14.5. The Morgan fingerprint density at radius 3 is 2.52 bits per heavy atom. The summed E-state index contributed by atoms with van der Waals surface area (Å²) in [6, 6.07) is 8.66. The Morgan fingerprint density at radius 2 is 1.86 bits per heavy atom. The first-order chi connectivity index (χ1) is 14.0. The molecular weight excluding hydrogens is 382 g/mol. The minimum absolute atomic E-state index is 0.0121. The fraction of sp³-hybridized carbons (Fsp3) is 0.250. The van der Waals surface area contributed by atoms with Crippen molar-refractivity contribution in [2.75, 3.05) is 19.0 Å². The summed E-state index contributed by atoms with van der Waals surface area (Å²) in [4.78, 5) is 12.3. The van der Waals surface area contributed by atoms with Gasteiger partial charge in [0.2, 0.25) is 11.8 Å². The number of benzene rings is 2. The van der Waals surface area contributed by atoms with E-state index < -0.39 is 29.5 Å². The number of carbonyl (C=O) groups is 1. The van der Waals surface area contributed by atoms with Crippen LogP contribution in [0.4, 0.5) is 14.8 Å². The zero-order valence-corrected chi connectivity index (χ0v) is 15.7. The normalized spacial score (nSPS) is 18.6. The van der Waals surface area contributed by atoms with Gasteiger partial charge in [-0.15, -0.1) is 5.10 Å². The molecule has 2 N–H and O–H groups in total. The summed E-state index contributed by atoms with van der Waals surface area (Å²) in [6.45, 7) is 2.02. The van der Waals surface area contributed by atoms with Gasteiger partial charge in [0.05, 0.1) is 7.11 Å². The minimum atomic E-state index is -0.973. The molecule has 150 valence electrons. The van der Waals surface area contributed by atoms with Crippen LogP contribution in [-0.4, -0.2) is 35.8 Å². The Morgan fingerprint density at radius 1 is 1.17 bits per heavy atom. The zero-order chi connectivity index (χ0) is 20.5. The summed E-state index contributed by atoms with van der Waals surface area (Å²) in [6.07, 6.45) is 0. The Bertz CT molecular complexity index is 1030. The third-order valence-corrected chi connectivity index (χ3v) is 4.84. The van der Waals surface area contributed by atoms with Crippen LogP contribution in [0.2, 0.25) is 0 Å². The average molecular weight is 400 g/mol. The Labute approximate surface area is 165 Å². The molecule has 0 spiro atoms. The second kappa shape index (κ2) is 7.50. The number of aryl methyl sites for hydroxylation is 1. The summed E-state index contributed by atoms with van der Waals surface area (Å²) in [7, 11) is 1.32. The Balaban J connectivity index is 1.59. The van der Waals surface area contributed by atoms with E-state index in [-0.39, 0.29) is 29.8 Å². The van der Waals surface area contributed by atoms with Crippen molar-refractivity contribution >= 4 is 11.9 Å². The molecule has 7 nitrogen and oxygen atoms in total. The van der Waals surface area contributed by atoms with Crippen molar-refractivity contribution in [3.8, 4) is 17.2 Å². The molecule has 3 aromatic rings. The second-order valence-electron chi connectivity index (χ2n) is 6.76. The molecule has 2 unspecified atom stereocenters. The minimum Gasteiger partial charge on any atom is -0.497 e. The summed E-state index contributed by atoms with van der Waals surface area (Å²) >= 11 is 0. The molecule has 1 saturated heterocycles. The van der Waals surface area contributed by atoms with Crippen LogP contribution in [0.3, 0.4) is 0 Å². The smallest absolute Gasteiger partial charge is 0.316 e. The van der Waals surface area contributed by atoms with Gasteiger partial charge in [-0.1, -0.05) is 22.8 Å². The van der Waals surface area contributed by atoms with E-state index in [0.717, 1.165) is 23.3 Å². The molecule has 2 heterocycles. The van der Waals surface area contributed by atoms with Crippen molar-refractivity contribution in [2.24, 2.45) is 0 Å². The Kier molecular flexibility index (Phi) is 4.87. The van der Waals surface area contributed by atoms with E-state index >= 15 is 0 Å². The molecule has 0 radical (unpaired) electrons. The van der Waals surface area contributed by atoms with E-state index in [1.807, 2.05) is 31.2 Å². The van der Waals surface area contributed by atoms with Gasteiger partial charge in [-0.25, -0.2) is 8.78 Å². The third-order valence-electron chi connectivity index (χ3n) is 4.84. The van der Waals surface area contributed by atoms with E-state index in [0.29, 0.717) is 0 Å². The third kappa shape index (κ3) is 3.63. The van der Waals surface area contributed by atoms with E-state index in [2.05, 4.69) is 20.8 Å². The molecule has 1 aromatic heterocycles. The number of methoxy groups -OCH3 is 1. The average Bonchev–Trinajstić information content (AvgIpc) is 3.30. The van der Waals surface area contributed by atoms with E-state index in [4.69, 9.17) is 9.15 Å². The van der Waals surface area contributed by atoms with Crippen LogP contribution in [0.15, 0.2) is 40.8 Å². The van der Waals surface area contributed by atoms with Crippen LogP contribution < -0.4 is 15.4 Å². The van der Waals surface area contributed by atoms with Crippen LogP contribution in [0.5, 0.6) is 5.75 Å². The lowest BCUT2D eigenvalue weighted by Gasteiger charge is -2.19. The molecule has 1 aliphatic heterocycles. The van der Waals surface area contributed by atoms with Gasteiger partial charge in [-0.05, 0) is 19.1 Å². The quantitative estimate of drug-likeness (QED) is 0.684. The molecule has 1 aliphatic rings. The fourth-order valence-corrected chi connectivity index (χ4v) is 3.32. The molecule has 2 aromatic carbocycles. The number of nitrogens with zero attached hydrogens (tertiary/aromatic N) is 2. The molecule has 1 amide bonds. The lowest BCUT2D eigenvalue weighted by atomic mass is 9.93. The highest BCUT2D eigenvalue weighted by molar-refractivity contribution is 5.88. The summed E-state index contributed by atoms with van der Waals surface area (Å²) in [5.74, 6) is -2.47. The SMILES string of the molecule is COc1cc(F)c(C2CNC(=O)C2Nc2nnc(-c3ccc(C)cc3)o2)c(F)c1. The number of nitrogens with one attached hydrogen (secondary N) is 2. The fourth-order valence-electron chi connectivity index (χ4n) is 3.32. The van der Waals surface area contributed by atoms with Crippen LogP contribution >= 0.6 is 0 Å². The van der Waals surface area contributed by atoms with Crippen molar-refractivity contribution in [2.45, 2.75) is 18.9 Å². The van der Waals surface area contributed by atoms with Crippen molar-refractivity contribution < 1.29 is 22.7 Å². The monoisotopic (exact) mass is 400 g/mol. The molecule has 1 fully saturated rings. The standard InChI is InChI=1S/C20H18F2N4O3/c1-10-3-5-11(6-4-10)19-25-26-20(29-19)24-17-13(9-23-18(17)27)16-14(21)7-12(28-2)8-15(16)22/h3-8,13,17H,9H2,1-2H3,(H,23,27)(H,24,26). The number of carbonyl (C=O) groups excluding carboxylic acids is 1. The van der Waals surface area contributed by atoms with Crippen molar-refractivity contribution in [1.29, 1.82) is 0 Å². The van der Waals surface area contributed by atoms with Crippen molar-refractivity contribution in [3.05, 3.63) is 59.2 Å². The topological polar surface area (TPSA) is 89.3 Å². The summed E-state index contributed by atoms with van der Waals surface area (Å²) < 4.78 is 39.5. The molecule has 29 heavy (non-hydrogen) atoms. The van der Waals surface area contributed by atoms with Crippen molar-refractivity contribution in [1.82, 2.24) is 15.5 Å². The van der Waals surface area contributed by atoms with Gasteiger partial charge < -0.3 is 19.8 Å². The zero-order valence-electron chi connectivity index (χ0n) is 15.7. The number of hydrogen-bond acceptors (Lipinski definition) is 6. The van der Waals surface area contributed by atoms with E-state index in [1.54, 1.807) is 0 Å². The highest BCUT2D eigenvalue weighted by Gasteiger charge is 2.40. The molecule has 0 bridgehead atoms. The second-order valence-corrected chi connectivity index (χ2v) is 6.76. The molecule has 2 atom stereocenters. The molecule has 0 aliphatic carbocycles. The van der Waals surface area contributed by atoms with Gasteiger partial charge in [-0.2, -0.15) is 0 Å². The van der Waals surface area contributed by atoms with Crippen LogP contribution in [0.1, 0.15) is 17.0 Å². The maximum Gasteiger partial charge on any atom is 0.316 e. The van der Waals surface area contributed by atoms with Gasteiger partial charge in [0, 0.05) is 35.7 Å². The summed E-state index contributed by atoms with van der Waals surface area (Å²) in [5.41, 5.74) is 1.59. The molecular formula is C20H18F2N4O3. The largest absolute Gasteiger partial charge is 0.497 e. The molecule has 0 saturated carbocycles. The number of hydrogen-bond donors (Lipinski definition) is 2. The van der Waals surface area contributed by atoms with Gasteiger partial charge in [-0.3, -0.25) is 4.79 Å². The summed E-state index contributed by atoms with van der Waals surface area (Å²) in [5, 5.41) is 13.3. The maximum atomic E-state index is 14.5. The van der Waals surface area contributed by atoms with E-state index in [1.165, 1.54) is 7.11 Å². The predicted molar refractivity (Wildman–Crippen MR) is 101 cm³/mol. The van der Waals surface area contributed by atoms with Crippen LogP contribution in [0, 0.1) is 18.6 Å². The highest BCUT2D eigenvalue weighted by atomic mass is 19.1. The number of halogens is 2. The Hall–Kier alpha value is -3.49. The first-order valence-corrected chi connectivity index (χ1v) is 8.94. The van der Waals surface area contributed by atoms with E-state index in [9.17, 15) is 13.6 Å². The lowest BCUT2D eigenvalue weighted by Crippen LogP contribution is -2.33. The van der Waals surface area contributed by atoms with Gasteiger partial charge >= 0.3 is 6.01 Å². The molecule has 9 heteroatoms. The first kappa shape index (κ1) is 18.9.